The standard InChI is InChI=1S/C13H15N3O2S/c1-8-11(9(2)18-15-8)7-16(3)13(17)10-5-4-6-14-12(10)19/h4-6H,7H2,1-3H3,(H,14,19). The first-order valence-electron chi connectivity index (χ1n) is 5.85. The molecular weight excluding hydrogens is 262 g/mol. The van der Waals surface area contributed by atoms with Crippen LogP contribution in [-0.4, -0.2) is 28.0 Å². The van der Waals surface area contributed by atoms with Crippen LogP contribution in [0.4, 0.5) is 0 Å². The number of rotatable bonds is 3. The van der Waals surface area contributed by atoms with Crippen LogP contribution in [0.15, 0.2) is 22.9 Å². The smallest absolute Gasteiger partial charge is 0.256 e. The molecule has 0 spiro atoms. The van der Waals surface area contributed by atoms with Crippen LogP contribution in [0.2, 0.25) is 0 Å². The van der Waals surface area contributed by atoms with Crippen LogP contribution in [-0.2, 0) is 6.54 Å². The summed E-state index contributed by atoms with van der Waals surface area (Å²) in [5.74, 6) is 0.609. The van der Waals surface area contributed by atoms with E-state index in [1.165, 1.54) is 0 Å². The van der Waals surface area contributed by atoms with Gasteiger partial charge in [0.25, 0.3) is 5.91 Å². The van der Waals surface area contributed by atoms with Gasteiger partial charge in [-0.05, 0) is 26.0 Å². The highest BCUT2D eigenvalue weighted by Gasteiger charge is 2.17. The Hall–Kier alpha value is -1.95. The van der Waals surface area contributed by atoms with Crippen molar-refractivity contribution in [3.8, 4) is 0 Å². The summed E-state index contributed by atoms with van der Waals surface area (Å²) in [5, 5.41) is 3.88. The number of aryl methyl sites for hydroxylation is 2. The normalized spacial score (nSPS) is 10.5. The maximum atomic E-state index is 12.3. The number of aromatic nitrogens is 2. The summed E-state index contributed by atoms with van der Waals surface area (Å²) in [4.78, 5) is 16.8. The minimum absolute atomic E-state index is 0.123. The Bertz CT molecular complexity index is 640. The van der Waals surface area contributed by atoms with Gasteiger partial charge in [0.1, 0.15) is 10.4 Å². The quantitative estimate of drug-likeness (QED) is 0.876. The van der Waals surface area contributed by atoms with Crippen LogP contribution in [0.1, 0.15) is 27.4 Å². The zero-order valence-electron chi connectivity index (χ0n) is 11.1. The molecule has 2 heterocycles. The third-order valence-corrected chi connectivity index (χ3v) is 3.31. The monoisotopic (exact) mass is 277 g/mol. The van der Waals surface area contributed by atoms with E-state index in [0.29, 0.717) is 16.7 Å². The number of hydrogen-bond acceptors (Lipinski definition) is 4. The van der Waals surface area contributed by atoms with E-state index < -0.39 is 0 Å². The van der Waals surface area contributed by atoms with Crippen LogP contribution < -0.4 is 0 Å². The largest absolute Gasteiger partial charge is 0.361 e. The summed E-state index contributed by atoms with van der Waals surface area (Å²) in [6, 6.07) is 3.47. The van der Waals surface area contributed by atoms with E-state index in [-0.39, 0.29) is 5.91 Å². The van der Waals surface area contributed by atoms with Gasteiger partial charge in [-0.15, -0.1) is 0 Å². The average molecular weight is 277 g/mol. The zero-order valence-corrected chi connectivity index (χ0v) is 11.9. The molecule has 2 aromatic heterocycles. The molecule has 2 aromatic rings. The molecule has 0 aliphatic carbocycles. The third kappa shape index (κ3) is 2.73. The van der Waals surface area contributed by atoms with Gasteiger partial charge in [-0.3, -0.25) is 4.79 Å². The fourth-order valence-corrected chi connectivity index (χ4v) is 2.06. The molecule has 100 valence electrons. The molecule has 5 nitrogen and oxygen atoms in total. The number of H-pyrrole nitrogens is 1. The fourth-order valence-electron chi connectivity index (χ4n) is 1.83. The number of hydrogen-bond donors (Lipinski definition) is 1. The van der Waals surface area contributed by atoms with Crippen molar-refractivity contribution in [2.45, 2.75) is 20.4 Å². The Balaban J connectivity index is 2.22. The summed E-state index contributed by atoms with van der Waals surface area (Å²) in [7, 11) is 1.73. The number of amides is 1. The zero-order chi connectivity index (χ0) is 14.0. The second-order valence-corrected chi connectivity index (χ2v) is 4.79. The predicted molar refractivity (Wildman–Crippen MR) is 73.4 cm³/mol. The molecular formula is C13H15N3O2S. The van der Waals surface area contributed by atoms with Crippen molar-refractivity contribution < 1.29 is 9.32 Å². The Morgan fingerprint density at radius 1 is 1.53 bits per heavy atom. The van der Waals surface area contributed by atoms with Crippen molar-refractivity contribution in [2.24, 2.45) is 0 Å². The van der Waals surface area contributed by atoms with Crippen LogP contribution in [0.5, 0.6) is 0 Å². The molecule has 0 aliphatic rings. The molecule has 0 aromatic carbocycles. The van der Waals surface area contributed by atoms with Crippen molar-refractivity contribution in [3.05, 3.63) is 45.6 Å². The lowest BCUT2D eigenvalue weighted by Gasteiger charge is -2.16. The molecule has 2 rings (SSSR count). The number of carbonyl (C=O) groups excluding carboxylic acids is 1. The van der Waals surface area contributed by atoms with E-state index in [1.54, 1.807) is 30.3 Å². The van der Waals surface area contributed by atoms with E-state index >= 15 is 0 Å². The van der Waals surface area contributed by atoms with Gasteiger partial charge >= 0.3 is 0 Å². The molecule has 0 atom stereocenters. The third-order valence-electron chi connectivity index (χ3n) is 2.97. The summed E-state index contributed by atoms with van der Waals surface area (Å²) in [6.45, 7) is 4.14. The highest BCUT2D eigenvalue weighted by Crippen LogP contribution is 2.15. The Morgan fingerprint density at radius 2 is 2.26 bits per heavy atom. The Morgan fingerprint density at radius 3 is 2.84 bits per heavy atom. The van der Waals surface area contributed by atoms with Crippen molar-refractivity contribution >= 4 is 18.1 Å². The first-order chi connectivity index (χ1) is 9.00. The van der Waals surface area contributed by atoms with Gasteiger partial charge < -0.3 is 14.4 Å². The highest BCUT2D eigenvalue weighted by molar-refractivity contribution is 7.71. The molecule has 0 saturated heterocycles. The second-order valence-electron chi connectivity index (χ2n) is 4.38. The molecule has 0 bridgehead atoms. The van der Waals surface area contributed by atoms with E-state index in [9.17, 15) is 4.79 Å². The van der Waals surface area contributed by atoms with Crippen molar-refractivity contribution in [1.29, 1.82) is 0 Å². The molecule has 0 radical (unpaired) electrons. The summed E-state index contributed by atoms with van der Waals surface area (Å²) in [6.07, 6.45) is 1.70. The number of carbonyl (C=O) groups is 1. The molecule has 0 saturated carbocycles. The predicted octanol–water partition coefficient (Wildman–Crippen LogP) is 2.62. The Kier molecular flexibility index (Phi) is 3.80. The van der Waals surface area contributed by atoms with Crippen molar-refractivity contribution in [3.63, 3.8) is 0 Å². The lowest BCUT2D eigenvalue weighted by Crippen LogP contribution is -2.27. The summed E-state index contributed by atoms with van der Waals surface area (Å²) in [5.41, 5.74) is 2.23. The first kappa shape index (κ1) is 13.5. The van der Waals surface area contributed by atoms with E-state index in [4.69, 9.17) is 16.7 Å². The molecule has 0 fully saturated rings. The molecule has 0 aliphatic heterocycles. The lowest BCUT2D eigenvalue weighted by atomic mass is 10.2. The number of nitrogens with zero attached hydrogens (tertiary/aromatic N) is 2. The van der Waals surface area contributed by atoms with Gasteiger partial charge in [0.05, 0.1) is 17.8 Å². The van der Waals surface area contributed by atoms with E-state index in [2.05, 4.69) is 10.1 Å². The second kappa shape index (κ2) is 5.36. The van der Waals surface area contributed by atoms with Crippen LogP contribution in [0.25, 0.3) is 0 Å². The van der Waals surface area contributed by atoms with Crippen LogP contribution in [0, 0.1) is 18.5 Å². The van der Waals surface area contributed by atoms with Crippen LogP contribution in [0.3, 0.4) is 0 Å². The van der Waals surface area contributed by atoms with Crippen LogP contribution >= 0.6 is 12.2 Å². The number of aromatic amines is 1. The molecule has 1 N–H and O–H groups in total. The minimum atomic E-state index is -0.123. The Labute approximate surface area is 116 Å². The first-order valence-corrected chi connectivity index (χ1v) is 6.26. The molecule has 19 heavy (non-hydrogen) atoms. The van der Waals surface area contributed by atoms with Crippen molar-refractivity contribution in [1.82, 2.24) is 15.0 Å². The number of nitrogens with one attached hydrogen (secondary N) is 1. The fraction of sp³-hybridized carbons (Fsp3) is 0.308. The SMILES string of the molecule is Cc1noc(C)c1CN(C)C(=O)c1ccc[nH]c1=S. The maximum absolute atomic E-state index is 12.3. The van der Waals surface area contributed by atoms with Gasteiger partial charge in [0.2, 0.25) is 0 Å². The molecule has 0 unspecified atom stereocenters. The van der Waals surface area contributed by atoms with E-state index in [1.807, 2.05) is 13.8 Å². The highest BCUT2D eigenvalue weighted by atomic mass is 32.1. The van der Waals surface area contributed by atoms with Gasteiger partial charge in [0.15, 0.2) is 0 Å². The molecule has 1 amide bonds. The van der Waals surface area contributed by atoms with Gasteiger partial charge in [0, 0.05) is 18.8 Å². The maximum Gasteiger partial charge on any atom is 0.256 e. The summed E-state index contributed by atoms with van der Waals surface area (Å²) < 4.78 is 5.53. The van der Waals surface area contributed by atoms with Gasteiger partial charge in [-0.2, -0.15) is 0 Å². The minimum Gasteiger partial charge on any atom is -0.361 e. The number of pyridine rings is 1. The lowest BCUT2D eigenvalue weighted by molar-refractivity contribution is 0.0783. The molecule has 6 heteroatoms. The van der Waals surface area contributed by atoms with Crippen molar-refractivity contribution in [2.75, 3.05) is 7.05 Å². The summed E-state index contributed by atoms with van der Waals surface area (Å²) >= 11 is 5.11. The topological polar surface area (TPSA) is 62.1 Å². The van der Waals surface area contributed by atoms with Gasteiger partial charge in [-0.25, -0.2) is 0 Å². The van der Waals surface area contributed by atoms with Gasteiger partial charge in [-0.1, -0.05) is 17.4 Å². The van der Waals surface area contributed by atoms with E-state index in [0.717, 1.165) is 17.0 Å². The average Bonchev–Trinajstić information content (AvgIpc) is 2.70.